The third kappa shape index (κ3) is 3.68. The van der Waals surface area contributed by atoms with E-state index in [1.807, 2.05) is 24.5 Å². The summed E-state index contributed by atoms with van der Waals surface area (Å²) >= 11 is 0. The van der Waals surface area contributed by atoms with Gasteiger partial charge in [-0.3, -0.25) is 4.98 Å². The molecule has 1 aromatic heterocycles. The minimum Gasteiger partial charge on any atom is -0.372 e. The lowest BCUT2D eigenvalue weighted by atomic mass is 10.1. The van der Waals surface area contributed by atoms with Gasteiger partial charge in [0.25, 0.3) is 0 Å². The van der Waals surface area contributed by atoms with Crippen LogP contribution in [0.5, 0.6) is 0 Å². The summed E-state index contributed by atoms with van der Waals surface area (Å²) in [7, 11) is 0. The first-order valence-electron chi connectivity index (χ1n) is 6.76. The molecule has 0 amide bonds. The Morgan fingerprint density at radius 1 is 0.842 bits per heavy atom. The van der Waals surface area contributed by atoms with Crippen molar-refractivity contribution in [3.63, 3.8) is 0 Å². The molecule has 0 aliphatic carbocycles. The molecule has 2 aromatic rings. The predicted octanol–water partition coefficient (Wildman–Crippen LogP) is 4.10. The lowest BCUT2D eigenvalue weighted by Gasteiger charge is -2.20. The third-order valence-electron chi connectivity index (χ3n) is 3.20. The number of pyridine rings is 1. The van der Waals surface area contributed by atoms with E-state index in [0.717, 1.165) is 13.1 Å². The van der Waals surface area contributed by atoms with Crippen molar-refractivity contribution >= 4 is 17.8 Å². The Kier molecular flexibility index (Phi) is 4.73. The lowest BCUT2D eigenvalue weighted by Crippen LogP contribution is -2.21. The van der Waals surface area contributed by atoms with Gasteiger partial charge in [-0.25, -0.2) is 0 Å². The Morgan fingerprint density at radius 3 is 1.89 bits per heavy atom. The van der Waals surface area contributed by atoms with Crippen LogP contribution in [0.2, 0.25) is 0 Å². The first-order valence-corrected chi connectivity index (χ1v) is 6.76. The Bertz CT molecular complexity index is 511. The number of nitrogens with zero attached hydrogens (tertiary/aromatic N) is 2. The topological polar surface area (TPSA) is 16.1 Å². The van der Waals surface area contributed by atoms with Crippen LogP contribution in [0, 0.1) is 0 Å². The molecule has 1 heterocycles. The van der Waals surface area contributed by atoms with Gasteiger partial charge in [-0.05, 0) is 49.2 Å². The zero-order chi connectivity index (χ0) is 13.5. The predicted molar refractivity (Wildman–Crippen MR) is 83.2 cm³/mol. The van der Waals surface area contributed by atoms with Gasteiger partial charge < -0.3 is 4.90 Å². The van der Waals surface area contributed by atoms with Crippen LogP contribution in [0.15, 0.2) is 48.8 Å². The number of benzene rings is 1. The van der Waals surface area contributed by atoms with E-state index < -0.39 is 0 Å². The summed E-state index contributed by atoms with van der Waals surface area (Å²) in [6.45, 7) is 6.45. The Labute approximate surface area is 115 Å². The summed E-state index contributed by atoms with van der Waals surface area (Å²) in [6, 6.07) is 12.7. The molecule has 2 nitrogen and oxygen atoms in total. The molecule has 0 N–H and O–H groups in total. The molecule has 2 rings (SSSR count). The van der Waals surface area contributed by atoms with Crippen LogP contribution in [0.25, 0.3) is 12.2 Å². The molecule has 0 saturated carbocycles. The quantitative estimate of drug-likeness (QED) is 0.796. The zero-order valence-electron chi connectivity index (χ0n) is 11.6. The van der Waals surface area contributed by atoms with Crippen molar-refractivity contribution in [2.24, 2.45) is 0 Å². The normalized spacial score (nSPS) is 10.8. The maximum absolute atomic E-state index is 4.01. The fraction of sp³-hybridized carbons (Fsp3) is 0.235. The second kappa shape index (κ2) is 6.74. The van der Waals surface area contributed by atoms with Crippen LogP contribution in [0.3, 0.4) is 0 Å². The van der Waals surface area contributed by atoms with Crippen LogP contribution in [0.1, 0.15) is 25.0 Å². The van der Waals surface area contributed by atoms with Gasteiger partial charge in [0, 0.05) is 31.2 Å². The minimum absolute atomic E-state index is 1.04. The van der Waals surface area contributed by atoms with Gasteiger partial charge >= 0.3 is 0 Å². The van der Waals surface area contributed by atoms with E-state index in [2.05, 4.69) is 60.1 Å². The van der Waals surface area contributed by atoms with Gasteiger partial charge in [0.15, 0.2) is 0 Å². The number of rotatable bonds is 5. The standard InChI is InChI=1S/C17H20N2/c1-3-19(4-2)17-9-7-15(8-10-17)5-6-16-11-13-18-14-12-16/h5-14H,3-4H2,1-2H3/b6-5+. The summed E-state index contributed by atoms with van der Waals surface area (Å²) in [4.78, 5) is 6.35. The summed E-state index contributed by atoms with van der Waals surface area (Å²) in [6.07, 6.45) is 7.85. The molecule has 0 atom stereocenters. The average molecular weight is 252 g/mol. The molecule has 2 heteroatoms. The molecule has 1 aromatic carbocycles. The van der Waals surface area contributed by atoms with Crippen LogP contribution < -0.4 is 4.90 Å². The number of anilines is 1. The highest BCUT2D eigenvalue weighted by Crippen LogP contribution is 2.16. The number of hydrogen-bond donors (Lipinski definition) is 0. The van der Waals surface area contributed by atoms with Crippen LogP contribution >= 0.6 is 0 Å². The van der Waals surface area contributed by atoms with E-state index in [1.165, 1.54) is 16.8 Å². The fourth-order valence-electron chi connectivity index (χ4n) is 2.05. The van der Waals surface area contributed by atoms with Crippen molar-refractivity contribution in [3.05, 3.63) is 59.9 Å². The van der Waals surface area contributed by atoms with Crippen LogP contribution in [-0.4, -0.2) is 18.1 Å². The first kappa shape index (κ1) is 13.3. The van der Waals surface area contributed by atoms with Crippen molar-refractivity contribution in [1.29, 1.82) is 0 Å². The molecular weight excluding hydrogens is 232 g/mol. The second-order valence-electron chi connectivity index (χ2n) is 4.38. The van der Waals surface area contributed by atoms with Crippen LogP contribution in [-0.2, 0) is 0 Å². The van der Waals surface area contributed by atoms with Crippen molar-refractivity contribution in [1.82, 2.24) is 4.98 Å². The van der Waals surface area contributed by atoms with E-state index in [1.54, 1.807) is 0 Å². The lowest BCUT2D eigenvalue weighted by molar-refractivity contribution is 0.866. The largest absolute Gasteiger partial charge is 0.372 e. The molecule has 0 bridgehead atoms. The molecule has 0 radical (unpaired) electrons. The van der Waals surface area contributed by atoms with E-state index in [0.29, 0.717) is 0 Å². The molecule has 98 valence electrons. The highest BCUT2D eigenvalue weighted by Gasteiger charge is 1.99. The fourth-order valence-corrected chi connectivity index (χ4v) is 2.05. The molecule has 0 spiro atoms. The maximum atomic E-state index is 4.01. The van der Waals surface area contributed by atoms with Gasteiger partial charge in [-0.2, -0.15) is 0 Å². The molecule has 19 heavy (non-hydrogen) atoms. The van der Waals surface area contributed by atoms with Gasteiger partial charge in [-0.15, -0.1) is 0 Å². The summed E-state index contributed by atoms with van der Waals surface area (Å²) in [5.41, 5.74) is 3.67. The Hall–Kier alpha value is -2.09. The van der Waals surface area contributed by atoms with Crippen molar-refractivity contribution in [2.45, 2.75) is 13.8 Å². The number of hydrogen-bond acceptors (Lipinski definition) is 2. The van der Waals surface area contributed by atoms with E-state index in [9.17, 15) is 0 Å². The summed E-state index contributed by atoms with van der Waals surface area (Å²) in [5, 5.41) is 0. The molecule has 0 aliphatic heterocycles. The van der Waals surface area contributed by atoms with E-state index in [-0.39, 0.29) is 0 Å². The van der Waals surface area contributed by atoms with Crippen molar-refractivity contribution < 1.29 is 0 Å². The van der Waals surface area contributed by atoms with Gasteiger partial charge in [-0.1, -0.05) is 24.3 Å². The smallest absolute Gasteiger partial charge is 0.0366 e. The molecular formula is C17H20N2. The molecule has 0 fully saturated rings. The third-order valence-corrected chi connectivity index (χ3v) is 3.20. The van der Waals surface area contributed by atoms with Gasteiger partial charge in [0.2, 0.25) is 0 Å². The number of aromatic nitrogens is 1. The summed E-state index contributed by atoms with van der Waals surface area (Å²) in [5.74, 6) is 0. The van der Waals surface area contributed by atoms with Gasteiger partial charge in [0.1, 0.15) is 0 Å². The minimum atomic E-state index is 1.04. The Balaban J connectivity index is 2.09. The second-order valence-corrected chi connectivity index (χ2v) is 4.38. The highest BCUT2D eigenvalue weighted by molar-refractivity contribution is 5.70. The van der Waals surface area contributed by atoms with E-state index in [4.69, 9.17) is 0 Å². The molecule has 0 saturated heterocycles. The molecule has 0 unspecified atom stereocenters. The van der Waals surface area contributed by atoms with Gasteiger partial charge in [0.05, 0.1) is 0 Å². The van der Waals surface area contributed by atoms with Crippen molar-refractivity contribution in [2.75, 3.05) is 18.0 Å². The first-order chi connectivity index (χ1) is 9.33. The SMILES string of the molecule is CCN(CC)c1ccc(/C=C/c2ccncc2)cc1. The van der Waals surface area contributed by atoms with Crippen molar-refractivity contribution in [3.8, 4) is 0 Å². The van der Waals surface area contributed by atoms with Crippen LogP contribution in [0.4, 0.5) is 5.69 Å². The average Bonchev–Trinajstić information content (AvgIpc) is 2.49. The monoisotopic (exact) mass is 252 g/mol. The van der Waals surface area contributed by atoms with E-state index >= 15 is 0 Å². The highest BCUT2D eigenvalue weighted by atomic mass is 15.1. The summed E-state index contributed by atoms with van der Waals surface area (Å²) < 4.78 is 0. The Morgan fingerprint density at radius 2 is 1.37 bits per heavy atom. The molecule has 0 aliphatic rings. The zero-order valence-corrected chi connectivity index (χ0v) is 11.6. The maximum Gasteiger partial charge on any atom is 0.0366 e.